The standard InChI is InChI=1S/C17H28N2O3.C14H12O2/c1-4-7-11-21-16-13-14(8-9-15(16)18)17(20)22-12-10-19(5-2)6-3;15-14(16)10-11-6-8-13(9-7-11)12-4-2-1-3-5-12/h8-9,13H,4-7,10-12,18H2,1-3H3;1-9H,10H2,(H,15,16). The minimum atomic E-state index is -0.799. The van der Waals surface area contributed by atoms with Crippen molar-refractivity contribution in [1.29, 1.82) is 0 Å². The van der Waals surface area contributed by atoms with Gasteiger partial charge in [0, 0.05) is 6.54 Å². The van der Waals surface area contributed by atoms with Gasteiger partial charge in [-0.3, -0.25) is 4.79 Å². The zero-order chi connectivity index (χ0) is 27.8. The molecule has 0 aliphatic heterocycles. The van der Waals surface area contributed by atoms with Crippen molar-refractivity contribution in [2.75, 3.05) is 38.6 Å². The molecule has 0 aliphatic carbocycles. The lowest BCUT2D eigenvalue weighted by Crippen LogP contribution is -2.27. The number of nitrogen functional groups attached to an aromatic ring is 1. The molecule has 204 valence electrons. The van der Waals surface area contributed by atoms with E-state index in [9.17, 15) is 9.59 Å². The average Bonchev–Trinajstić information content (AvgIpc) is 2.93. The van der Waals surface area contributed by atoms with E-state index in [-0.39, 0.29) is 12.4 Å². The zero-order valence-corrected chi connectivity index (χ0v) is 22.7. The van der Waals surface area contributed by atoms with E-state index >= 15 is 0 Å². The second kappa shape index (κ2) is 16.8. The number of hydrogen-bond donors (Lipinski definition) is 2. The van der Waals surface area contributed by atoms with E-state index in [4.69, 9.17) is 20.3 Å². The molecule has 0 fully saturated rings. The molecule has 0 heterocycles. The van der Waals surface area contributed by atoms with Crippen LogP contribution in [0.2, 0.25) is 0 Å². The Kier molecular flexibility index (Phi) is 13.4. The van der Waals surface area contributed by atoms with E-state index in [1.807, 2.05) is 54.6 Å². The molecule has 3 N–H and O–H groups in total. The van der Waals surface area contributed by atoms with Gasteiger partial charge >= 0.3 is 11.9 Å². The first-order valence-corrected chi connectivity index (χ1v) is 13.2. The van der Waals surface area contributed by atoms with Gasteiger partial charge in [-0.1, -0.05) is 81.8 Å². The zero-order valence-electron chi connectivity index (χ0n) is 22.7. The molecule has 7 heteroatoms. The molecule has 0 aliphatic rings. The number of ether oxygens (including phenoxy) is 2. The monoisotopic (exact) mass is 520 g/mol. The summed E-state index contributed by atoms with van der Waals surface area (Å²) in [6.45, 7) is 9.90. The average molecular weight is 521 g/mol. The lowest BCUT2D eigenvalue weighted by atomic mass is 10.0. The Morgan fingerprint density at radius 3 is 2.13 bits per heavy atom. The van der Waals surface area contributed by atoms with Gasteiger partial charge in [-0.05, 0) is 54.4 Å². The maximum absolute atomic E-state index is 12.1. The molecule has 38 heavy (non-hydrogen) atoms. The first kappa shape index (κ1) is 30.4. The number of hydrogen-bond acceptors (Lipinski definition) is 6. The van der Waals surface area contributed by atoms with Gasteiger partial charge in [0.1, 0.15) is 12.4 Å². The Balaban J connectivity index is 0.000000279. The van der Waals surface area contributed by atoms with Crippen molar-refractivity contribution in [1.82, 2.24) is 4.90 Å². The summed E-state index contributed by atoms with van der Waals surface area (Å²) in [7, 11) is 0. The van der Waals surface area contributed by atoms with Crippen molar-refractivity contribution >= 4 is 17.6 Å². The maximum atomic E-state index is 12.1. The molecular formula is C31H40N2O5. The number of anilines is 1. The number of unbranched alkanes of at least 4 members (excludes halogenated alkanes) is 1. The van der Waals surface area contributed by atoms with Crippen LogP contribution in [-0.2, 0) is 16.0 Å². The van der Waals surface area contributed by atoms with Gasteiger partial charge in [-0.15, -0.1) is 0 Å². The van der Waals surface area contributed by atoms with Crippen LogP contribution in [0.3, 0.4) is 0 Å². The van der Waals surface area contributed by atoms with Gasteiger partial charge < -0.3 is 25.2 Å². The predicted molar refractivity (Wildman–Crippen MR) is 153 cm³/mol. The number of nitrogens with two attached hydrogens (primary N) is 1. The molecule has 0 amide bonds. The summed E-state index contributed by atoms with van der Waals surface area (Å²) in [6, 6.07) is 22.6. The van der Waals surface area contributed by atoms with Gasteiger partial charge in [-0.25, -0.2) is 4.79 Å². The molecule has 0 bridgehead atoms. The minimum Gasteiger partial charge on any atom is -0.491 e. The second-order valence-electron chi connectivity index (χ2n) is 8.75. The van der Waals surface area contributed by atoms with Crippen molar-refractivity contribution < 1.29 is 24.2 Å². The van der Waals surface area contributed by atoms with Crippen molar-refractivity contribution in [3.05, 3.63) is 83.9 Å². The largest absolute Gasteiger partial charge is 0.491 e. The molecule has 3 rings (SSSR count). The van der Waals surface area contributed by atoms with Gasteiger partial charge in [0.05, 0.1) is 24.3 Å². The molecule has 3 aromatic carbocycles. The Morgan fingerprint density at radius 2 is 1.53 bits per heavy atom. The van der Waals surface area contributed by atoms with E-state index in [1.54, 1.807) is 18.2 Å². The Morgan fingerprint density at radius 1 is 0.868 bits per heavy atom. The Labute approximate surface area is 226 Å². The summed E-state index contributed by atoms with van der Waals surface area (Å²) >= 11 is 0. The highest BCUT2D eigenvalue weighted by Crippen LogP contribution is 2.23. The third-order valence-corrected chi connectivity index (χ3v) is 5.96. The molecule has 3 aromatic rings. The number of benzene rings is 3. The van der Waals surface area contributed by atoms with Crippen LogP contribution < -0.4 is 10.5 Å². The summed E-state index contributed by atoms with van der Waals surface area (Å²) in [5.74, 6) is -0.591. The lowest BCUT2D eigenvalue weighted by molar-refractivity contribution is -0.136. The number of esters is 1. The smallest absolute Gasteiger partial charge is 0.338 e. The quantitative estimate of drug-likeness (QED) is 0.164. The van der Waals surface area contributed by atoms with E-state index in [2.05, 4.69) is 25.7 Å². The highest BCUT2D eigenvalue weighted by atomic mass is 16.5. The van der Waals surface area contributed by atoms with Crippen LogP contribution in [0.5, 0.6) is 5.75 Å². The number of carboxylic acids is 1. The van der Waals surface area contributed by atoms with Crippen LogP contribution in [0.25, 0.3) is 11.1 Å². The molecule has 0 radical (unpaired) electrons. The highest BCUT2D eigenvalue weighted by Gasteiger charge is 2.11. The summed E-state index contributed by atoms with van der Waals surface area (Å²) in [5, 5.41) is 8.65. The number of nitrogens with zero attached hydrogens (tertiary/aromatic N) is 1. The van der Waals surface area contributed by atoms with E-state index in [1.165, 1.54) is 0 Å². The molecule has 0 saturated heterocycles. The first-order valence-electron chi connectivity index (χ1n) is 13.2. The van der Waals surface area contributed by atoms with Crippen LogP contribution >= 0.6 is 0 Å². The Bertz CT molecular complexity index is 1110. The topological polar surface area (TPSA) is 102 Å². The SMILES string of the molecule is CCCCOc1cc(C(=O)OCCN(CC)CC)ccc1N.O=C(O)Cc1ccc(-c2ccccc2)cc1. The number of rotatable bonds is 13. The predicted octanol–water partition coefficient (Wildman–Crippen LogP) is 5.93. The van der Waals surface area contributed by atoms with Crippen LogP contribution in [-0.4, -0.2) is 54.8 Å². The van der Waals surface area contributed by atoms with Crippen molar-refractivity contribution in [2.24, 2.45) is 0 Å². The number of carbonyl (C=O) groups is 2. The number of likely N-dealkylation sites (N-methyl/N-ethyl adjacent to an activating group) is 1. The summed E-state index contributed by atoms with van der Waals surface area (Å²) in [6.07, 6.45) is 2.08. The molecule has 7 nitrogen and oxygen atoms in total. The summed E-state index contributed by atoms with van der Waals surface area (Å²) in [4.78, 5) is 24.8. The van der Waals surface area contributed by atoms with Crippen LogP contribution in [0.4, 0.5) is 5.69 Å². The number of aliphatic carboxylic acids is 1. The highest BCUT2D eigenvalue weighted by molar-refractivity contribution is 5.90. The fourth-order valence-corrected chi connectivity index (χ4v) is 3.62. The van der Waals surface area contributed by atoms with E-state index < -0.39 is 5.97 Å². The third kappa shape index (κ3) is 10.6. The lowest BCUT2D eigenvalue weighted by Gasteiger charge is -2.17. The van der Waals surface area contributed by atoms with Crippen LogP contribution in [0.1, 0.15) is 49.5 Å². The molecule has 0 atom stereocenters. The van der Waals surface area contributed by atoms with Crippen molar-refractivity contribution in [3.8, 4) is 16.9 Å². The molecule has 0 saturated carbocycles. The fourth-order valence-electron chi connectivity index (χ4n) is 3.62. The van der Waals surface area contributed by atoms with Crippen LogP contribution in [0, 0.1) is 0 Å². The third-order valence-electron chi connectivity index (χ3n) is 5.96. The Hall–Kier alpha value is -3.84. The van der Waals surface area contributed by atoms with Gasteiger partial charge in [0.25, 0.3) is 0 Å². The number of carbonyl (C=O) groups excluding carboxylic acids is 1. The van der Waals surface area contributed by atoms with Crippen LogP contribution in [0.15, 0.2) is 72.8 Å². The molecule has 0 unspecified atom stereocenters. The first-order chi connectivity index (χ1) is 18.4. The molecule has 0 spiro atoms. The minimum absolute atomic E-state index is 0.0784. The maximum Gasteiger partial charge on any atom is 0.338 e. The second-order valence-corrected chi connectivity index (χ2v) is 8.75. The van der Waals surface area contributed by atoms with Crippen molar-refractivity contribution in [2.45, 2.75) is 40.0 Å². The normalized spacial score (nSPS) is 10.4. The fraction of sp³-hybridized carbons (Fsp3) is 0.355. The van der Waals surface area contributed by atoms with Gasteiger partial charge in [0.15, 0.2) is 0 Å². The summed E-state index contributed by atoms with van der Waals surface area (Å²) < 4.78 is 10.9. The van der Waals surface area contributed by atoms with Crippen molar-refractivity contribution in [3.63, 3.8) is 0 Å². The van der Waals surface area contributed by atoms with Gasteiger partial charge in [0.2, 0.25) is 0 Å². The molecular weight excluding hydrogens is 480 g/mol. The number of carboxylic acid groups (broad SMARTS) is 1. The summed E-state index contributed by atoms with van der Waals surface area (Å²) in [5.41, 5.74) is 9.95. The van der Waals surface area contributed by atoms with E-state index in [0.717, 1.165) is 49.2 Å². The molecule has 0 aromatic heterocycles. The van der Waals surface area contributed by atoms with E-state index in [0.29, 0.717) is 30.2 Å². The van der Waals surface area contributed by atoms with Gasteiger partial charge in [-0.2, -0.15) is 0 Å².